The van der Waals surface area contributed by atoms with Crippen molar-refractivity contribution >= 4 is 22.4 Å². The Morgan fingerprint density at radius 3 is 2.51 bits per heavy atom. The van der Waals surface area contributed by atoms with Gasteiger partial charge >= 0.3 is 0 Å². The normalized spacial score (nSPS) is 16.3. The minimum atomic E-state index is -0.942. The summed E-state index contributed by atoms with van der Waals surface area (Å²) in [4.78, 5) is 8.96. The summed E-state index contributed by atoms with van der Waals surface area (Å²) in [5.41, 5.74) is 0.823. The Morgan fingerprint density at radius 2 is 1.84 bits per heavy atom. The molecule has 0 bridgehead atoms. The summed E-state index contributed by atoms with van der Waals surface area (Å²) < 4.78 is 27.7. The molecule has 37 heavy (non-hydrogen) atoms. The van der Waals surface area contributed by atoms with Gasteiger partial charge in [0.05, 0.1) is 17.3 Å². The topological polar surface area (TPSA) is 65.4 Å². The van der Waals surface area contributed by atoms with Gasteiger partial charge in [-0.3, -0.25) is 0 Å². The SMILES string of the molecule is C=C[C@H]1CN(c2ccc(C(C)(C)O)cn2)CCN1c1nnc(Cc2ccc(F)cc2F)c2ccccc12. The molecule has 0 unspecified atom stereocenters. The standard InChI is InChI=1S/C29H29F2N5O/c1-4-22-18-35(27-12-10-20(17-32-27)29(2,3)37)13-14-36(22)28-24-8-6-5-7-23(24)26(33-34-28)15-19-9-11-21(30)16-25(19)31/h4-12,16-17,22,37H,1,13-15,18H2,2-3H3/t22-/m0/s1. The van der Waals surface area contributed by atoms with Crippen molar-refractivity contribution in [2.24, 2.45) is 0 Å². The van der Waals surface area contributed by atoms with E-state index in [1.54, 1.807) is 20.0 Å². The molecule has 6 nitrogen and oxygen atoms in total. The fraction of sp³-hybridized carbons (Fsp3) is 0.276. The van der Waals surface area contributed by atoms with E-state index in [0.29, 0.717) is 24.3 Å². The number of halogens is 2. The van der Waals surface area contributed by atoms with E-state index in [4.69, 9.17) is 0 Å². The molecule has 1 saturated heterocycles. The number of piperazine rings is 1. The van der Waals surface area contributed by atoms with E-state index in [1.165, 1.54) is 12.1 Å². The second-order valence-corrected chi connectivity index (χ2v) is 9.83. The van der Waals surface area contributed by atoms with Crippen LogP contribution in [0.4, 0.5) is 20.4 Å². The predicted octanol–water partition coefficient (Wildman–Crippen LogP) is 5.00. The zero-order valence-corrected chi connectivity index (χ0v) is 20.9. The van der Waals surface area contributed by atoms with E-state index in [0.717, 1.165) is 40.6 Å². The molecular formula is C29H29F2N5O. The summed E-state index contributed by atoms with van der Waals surface area (Å²) in [6, 6.07) is 15.2. The largest absolute Gasteiger partial charge is 0.386 e. The molecule has 4 aromatic rings. The third-order valence-corrected chi connectivity index (χ3v) is 6.86. The number of benzene rings is 2. The maximum absolute atomic E-state index is 14.3. The third kappa shape index (κ3) is 5.02. The minimum Gasteiger partial charge on any atom is -0.386 e. The number of aromatic nitrogens is 3. The lowest BCUT2D eigenvalue weighted by atomic mass is 10.0. The van der Waals surface area contributed by atoms with E-state index in [1.807, 2.05) is 42.5 Å². The molecule has 0 radical (unpaired) electrons. The van der Waals surface area contributed by atoms with Crippen LogP contribution in [-0.4, -0.2) is 46.0 Å². The van der Waals surface area contributed by atoms with Crippen LogP contribution in [0.5, 0.6) is 0 Å². The van der Waals surface area contributed by atoms with Gasteiger partial charge in [0.15, 0.2) is 5.82 Å². The molecule has 1 N–H and O–H groups in total. The average Bonchev–Trinajstić information content (AvgIpc) is 2.89. The summed E-state index contributed by atoms with van der Waals surface area (Å²) in [7, 11) is 0. The second-order valence-electron chi connectivity index (χ2n) is 9.83. The minimum absolute atomic E-state index is 0.0393. The molecule has 3 heterocycles. The maximum Gasteiger partial charge on any atom is 0.159 e. The Kier molecular flexibility index (Phi) is 6.60. The monoisotopic (exact) mass is 501 g/mol. The highest BCUT2D eigenvalue weighted by Crippen LogP contribution is 2.31. The summed E-state index contributed by atoms with van der Waals surface area (Å²) in [5, 5.41) is 21.1. The molecule has 1 aliphatic rings. The Labute approximate surface area is 214 Å². The van der Waals surface area contributed by atoms with Gasteiger partial charge in [0, 0.05) is 54.7 Å². The summed E-state index contributed by atoms with van der Waals surface area (Å²) in [5.74, 6) is 0.383. The highest BCUT2D eigenvalue weighted by atomic mass is 19.1. The number of anilines is 2. The molecule has 2 aromatic carbocycles. The van der Waals surface area contributed by atoms with Crippen molar-refractivity contribution in [1.29, 1.82) is 0 Å². The van der Waals surface area contributed by atoms with Gasteiger partial charge in [0.1, 0.15) is 17.5 Å². The van der Waals surface area contributed by atoms with Crippen molar-refractivity contribution < 1.29 is 13.9 Å². The number of aliphatic hydroxyl groups is 1. The average molecular weight is 502 g/mol. The first-order chi connectivity index (χ1) is 17.7. The molecule has 8 heteroatoms. The molecule has 1 aliphatic heterocycles. The number of pyridine rings is 1. The van der Waals surface area contributed by atoms with Gasteiger partial charge in [-0.05, 0) is 31.5 Å². The van der Waals surface area contributed by atoms with Crippen LogP contribution in [-0.2, 0) is 12.0 Å². The number of nitrogens with zero attached hydrogens (tertiary/aromatic N) is 5. The van der Waals surface area contributed by atoms with Crippen LogP contribution in [0.2, 0.25) is 0 Å². The lowest BCUT2D eigenvalue weighted by molar-refractivity contribution is 0.0782. The summed E-state index contributed by atoms with van der Waals surface area (Å²) in [6.07, 6.45) is 3.83. The lowest BCUT2D eigenvalue weighted by Gasteiger charge is -2.41. The van der Waals surface area contributed by atoms with E-state index >= 15 is 0 Å². The van der Waals surface area contributed by atoms with Crippen molar-refractivity contribution in [2.45, 2.75) is 31.9 Å². The van der Waals surface area contributed by atoms with Crippen molar-refractivity contribution in [2.75, 3.05) is 29.4 Å². The highest BCUT2D eigenvalue weighted by Gasteiger charge is 2.29. The fourth-order valence-corrected chi connectivity index (χ4v) is 4.75. The van der Waals surface area contributed by atoms with Crippen molar-refractivity contribution in [1.82, 2.24) is 15.2 Å². The zero-order chi connectivity index (χ0) is 26.2. The van der Waals surface area contributed by atoms with E-state index in [9.17, 15) is 13.9 Å². The second kappa shape index (κ2) is 9.86. The Hall–Kier alpha value is -3.91. The van der Waals surface area contributed by atoms with Gasteiger partial charge in [-0.25, -0.2) is 13.8 Å². The maximum atomic E-state index is 14.3. The van der Waals surface area contributed by atoms with Gasteiger partial charge in [0.25, 0.3) is 0 Å². The molecule has 0 aliphatic carbocycles. The summed E-state index contributed by atoms with van der Waals surface area (Å²) >= 11 is 0. The molecule has 5 rings (SSSR count). The van der Waals surface area contributed by atoms with Crippen LogP contribution in [0.15, 0.2) is 73.4 Å². The quantitative estimate of drug-likeness (QED) is 0.375. The van der Waals surface area contributed by atoms with Crippen molar-refractivity contribution in [3.8, 4) is 0 Å². The molecule has 0 amide bonds. The van der Waals surface area contributed by atoms with Gasteiger partial charge in [0.2, 0.25) is 0 Å². The van der Waals surface area contributed by atoms with Gasteiger partial charge in [-0.2, -0.15) is 5.10 Å². The van der Waals surface area contributed by atoms with Crippen LogP contribution in [0.1, 0.15) is 30.7 Å². The number of fused-ring (bicyclic) bond motifs is 1. The van der Waals surface area contributed by atoms with Crippen molar-refractivity contribution in [3.63, 3.8) is 0 Å². The first-order valence-electron chi connectivity index (χ1n) is 12.3. The van der Waals surface area contributed by atoms with Crippen LogP contribution in [0, 0.1) is 11.6 Å². The van der Waals surface area contributed by atoms with Gasteiger partial charge in [-0.1, -0.05) is 42.5 Å². The lowest BCUT2D eigenvalue weighted by Crippen LogP contribution is -2.53. The van der Waals surface area contributed by atoms with Gasteiger partial charge < -0.3 is 14.9 Å². The smallest absolute Gasteiger partial charge is 0.159 e. The highest BCUT2D eigenvalue weighted by molar-refractivity contribution is 5.94. The van der Waals surface area contributed by atoms with Crippen LogP contribution < -0.4 is 9.80 Å². The third-order valence-electron chi connectivity index (χ3n) is 6.86. The first kappa shape index (κ1) is 24.8. The van der Waals surface area contributed by atoms with Crippen LogP contribution in [0.25, 0.3) is 10.8 Å². The van der Waals surface area contributed by atoms with E-state index in [2.05, 4.69) is 31.6 Å². The molecular weight excluding hydrogens is 472 g/mol. The molecule has 1 atom stereocenters. The molecule has 2 aromatic heterocycles. The van der Waals surface area contributed by atoms with Crippen LogP contribution >= 0.6 is 0 Å². The number of hydrogen-bond acceptors (Lipinski definition) is 6. The zero-order valence-electron chi connectivity index (χ0n) is 20.9. The van der Waals surface area contributed by atoms with Gasteiger partial charge in [-0.15, -0.1) is 11.7 Å². The molecule has 1 fully saturated rings. The number of hydrogen-bond donors (Lipinski definition) is 1. The number of rotatable bonds is 6. The predicted molar refractivity (Wildman–Crippen MR) is 142 cm³/mol. The Morgan fingerprint density at radius 1 is 1.05 bits per heavy atom. The fourth-order valence-electron chi connectivity index (χ4n) is 4.75. The molecule has 0 saturated carbocycles. The van der Waals surface area contributed by atoms with E-state index in [-0.39, 0.29) is 12.5 Å². The molecule has 0 spiro atoms. The molecule has 190 valence electrons. The summed E-state index contributed by atoms with van der Waals surface area (Å²) in [6.45, 7) is 9.60. The Bertz CT molecular complexity index is 1430. The van der Waals surface area contributed by atoms with Crippen LogP contribution in [0.3, 0.4) is 0 Å². The Balaban J connectivity index is 1.42. The van der Waals surface area contributed by atoms with Crippen molar-refractivity contribution in [3.05, 3.63) is 102 Å². The van der Waals surface area contributed by atoms with E-state index < -0.39 is 17.2 Å². The first-order valence-corrected chi connectivity index (χ1v) is 12.3.